The van der Waals surface area contributed by atoms with Gasteiger partial charge in [0.25, 0.3) is 0 Å². The topological polar surface area (TPSA) is 0 Å². The van der Waals surface area contributed by atoms with E-state index in [9.17, 15) is 4.39 Å². The fourth-order valence-corrected chi connectivity index (χ4v) is 5.45. The van der Waals surface area contributed by atoms with Gasteiger partial charge in [-0.25, -0.2) is 4.39 Å². The van der Waals surface area contributed by atoms with Crippen LogP contribution in [0.1, 0.15) is 94.6 Å². The van der Waals surface area contributed by atoms with Crippen molar-refractivity contribution in [2.24, 2.45) is 11.8 Å². The van der Waals surface area contributed by atoms with E-state index < -0.39 is 0 Å². The van der Waals surface area contributed by atoms with Gasteiger partial charge in [-0.1, -0.05) is 69.5 Å². The van der Waals surface area contributed by atoms with Crippen LogP contribution < -0.4 is 0 Å². The van der Waals surface area contributed by atoms with Gasteiger partial charge in [-0.15, -0.1) is 0 Å². The number of rotatable bonds is 4. The Hall–Kier alpha value is -1.63. The summed E-state index contributed by atoms with van der Waals surface area (Å²) in [5, 5.41) is 0. The molecule has 2 saturated carbocycles. The molecule has 0 bridgehead atoms. The third kappa shape index (κ3) is 4.34. The first kappa shape index (κ1) is 19.7. The van der Waals surface area contributed by atoms with Crippen LogP contribution in [0.15, 0.2) is 42.5 Å². The molecular weight excluding hydrogens is 343 g/mol. The predicted octanol–water partition coefficient (Wildman–Crippen LogP) is 8.47. The quantitative estimate of drug-likeness (QED) is 0.500. The molecule has 0 N–H and O–H groups in total. The van der Waals surface area contributed by atoms with E-state index in [1.54, 1.807) is 6.07 Å². The molecule has 0 heterocycles. The van der Waals surface area contributed by atoms with Gasteiger partial charge >= 0.3 is 0 Å². The summed E-state index contributed by atoms with van der Waals surface area (Å²) in [4.78, 5) is 0. The summed E-state index contributed by atoms with van der Waals surface area (Å²) in [5.74, 6) is 2.93. The standard InChI is InChI=1S/C27H35F/c1-3-20-6-10-21(11-7-20)22-12-14-24(15-13-22)26-17-16-25(18-27(26)28)23-8-4-19(2)5-9-23/h12-21,23H,3-11H2,1-2H3. The van der Waals surface area contributed by atoms with Gasteiger partial charge in [0, 0.05) is 5.56 Å². The average Bonchev–Trinajstić information content (AvgIpc) is 2.74. The molecule has 0 saturated heterocycles. The Bertz CT molecular complexity index is 759. The largest absolute Gasteiger partial charge is 0.206 e. The summed E-state index contributed by atoms with van der Waals surface area (Å²) in [6.45, 7) is 4.65. The lowest BCUT2D eigenvalue weighted by atomic mass is 9.77. The second-order valence-electron chi connectivity index (χ2n) is 9.44. The highest BCUT2D eigenvalue weighted by Gasteiger charge is 2.22. The highest BCUT2D eigenvalue weighted by Crippen LogP contribution is 2.39. The maximum atomic E-state index is 14.9. The van der Waals surface area contributed by atoms with Gasteiger partial charge in [-0.05, 0) is 85.0 Å². The van der Waals surface area contributed by atoms with Crippen LogP contribution >= 0.6 is 0 Å². The van der Waals surface area contributed by atoms with E-state index in [4.69, 9.17) is 0 Å². The molecule has 0 radical (unpaired) electrons. The molecule has 0 spiro atoms. The lowest BCUT2D eigenvalue weighted by Gasteiger charge is -2.28. The highest BCUT2D eigenvalue weighted by atomic mass is 19.1. The zero-order chi connectivity index (χ0) is 19.5. The van der Waals surface area contributed by atoms with Crippen LogP contribution in [0, 0.1) is 17.7 Å². The smallest absolute Gasteiger partial charge is 0.131 e. The third-order valence-corrected chi connectivity index (χ3v) is 7.60. The van der Waals surface area contributed by atoms with E-state index >= 15 is 0 Å². The summed E-state index contributed by atoms with van der Waals surface area (Å²) in [6.07, 6.45) is 11.6. The molecule has 1 heteroatoms. The van der Waals surface area contributed by atoms with Crippen LogP contribution in [-0.2, 0) is 0 Å². The van der Waals surface area contributed by atoms with E-state index in [0.717, 1.165) is 23.0 Å². The van der Waals surface area contributed by atoms with Crippen molar-refractivity contribution < 1.29 is 4.39 Å². The normalized spacial score (nSPS) is 28.2. The van der Waals surface area contributed by atoms with Crippen LogP contribution in [0.3, 0.4) is 0 Å². The van der Waals surface area contributed by atoms with Gasteiger partial charge in [0.1, 0.15) is 5.82 Å². The highest BCUT2D eigenvalue weighted by molar-refractivity contribution is 5.65. The zero-order valence-electron chi connectivity index (χ0n) is 17.6. The van der Waals surface area contributed by atoms with E-state index in [1.165, 1.54) is 68.9 Å². The van der Waals surface area contributed by atoms with Crippen molar-refractivity contribution in [3.05, 3.63) is 59.4 Å². The molecule has 2 fully saturated rings. The van der Waals surface area contributed by atoms with E-state index in [1.807, 2.05) is 6.07 Å². The third-order valence-electron chi connectivity index (χ3n) is 7.60. The van der Waals surface area contributed by atoms with E-state index in [0.29, 0.717) is 11.8 Å². The maximum absolute atomic E-state index is 14.9. The fraction of sp³-hybridized carbons (Fsp3) is 0.556. The van der Waals surface area contributed by atoms with Crippen molar-refractivity contribution in [1.29, 1.82) is 0 Å². The van der Waals surface area contributed by atoms with Gasteiger partial charge in [0.15, 0.2) is 0 Å². The van der Waals surface area contributed by atoms with Crippen LogP contribution in [0.2, 0.25) is 0 Å². The van der Waals surface area contributed by atoms with Gasteiger partial charge in [-0.2, -0.15) is 0 Å². The zero-order valence-corrected chi connectivity index (χ0v) is 17.6. The molecule has 2 aromatic rings. The van der Waals surface area contributed by atoms with Crippen LogP contribution in [-0.4, -0.2) is 0 Å². The van der Waals surface area contributed by atoms with Crippen LogP contribution in [0.4, 0.5) is 4.39 Å². The molecule has 28 heavy (non-hydrogen) atoms. The first-order valence-corrected chi connectivity index (χ1v) is 11.5. The molecule has 0 unspecified atom stereocenters. The van der Waals surface area contributed by atoms with Gasteiger partial charge in [0.05, 0.1) is 0 Å². The van der Waals surface area contributed by atoms with Crippen LogP contribution in [0.25, 0.3) is 11.1 Å². The monoisotopic (exact) mass is 378 g/mol. The number of hydrogen-bond acceptors (Lipinski definition) is 0. The number of halogens is 1. The van der Waals surface area contributed by atoms with E-state index in [2.05, 4.69) is 44.2 Å². The molecule has 150 valence electrons. The van der Waals surface area contributed by atoms with Crippen molar-refractivity contribution in [3.8, 4) is 11.1 Å². The Labute approximate surface area is 170 Å². The summed E-state index contributed by atoms with van der Waals surface area (Å²) in [7, 11) is 0. The second kappa shape index (κ2) is 8.80. The predicted molar refractivity (Wildman–Crippen MR) is 117 cm³/mol. The van der Waals surface area contributed by atoms with Gasteiger partial charge < -0.3 is 0 Å². The molecule has 2 aromatic carbocycles. The molecule has 4 rings (SSSR count). The van der Waals surface area contributed by atoms with Crippen molar-refractivity contribution in [2.45, 2.75) is 83.5 Å². The minimum atomic E-state index is -0.0627. The molecule has 0 nitrogen and oxygen atoms in total. The van der Waals surface area contributed by atoms with Gasteiger partial charge in [-0.3, -0.25) is 0 Å². The molecular formula is C27H35F. The van der Waals surface area contributed by atoms with E-state index in [-0.39, 0.29) is 5.82 Å². The number of hydrogen-bond donors (Lipinski definition) is 0. The Morgan fingerprint density at radius 3 is 1.93 bits per heavy atom. The summed E-state index contributed by atoms with van der Waals surface area (Å²) in [5.41, 5.74) is 4.38. The second-order valence-corrected chi connectivity index (χ2v) is 9.44. The Morgan fingerprint density at radius 2 is 1.32 bits per heavy atom. The summed E-state index contributed by atoms with van der Waals surface area (Å²) >= 11 is 0. The summed E-state index contributed by atoms with van der Waals surface area (Å²) in [6, 6.07) is 14.7. The van der Waals surface area contributed by atoms with Crippen molar-refractivity contribution in [1.82, 2.24) is 0 Å². The maximum Gasteiger partial charge on any atom is 0.131 e. The van der Waals surface area contributed by atoms with Crippen LogP contribution in [0.5, 0.6) is 0 Å². The molecule has 0 aliphatic heterocycles. The van der Waals surface area contributed by atoms with Crippen molar-refractivity contribution in [2.75, 3.05) is 0 Å². The SMILES string of the molecule is CCC1CCC(c2ccc(-c3ccc(C4CCC(C)CC4)cc3F)cc2)CC1. The Kier molecular flexibility index (Phi) is 6.19. The minimum Gasteiger partial charge on any atom is -0.206 e. The first-order chi connectivity index (χ1) is 13.6. The van der Waals surface area contributed by atoms with Gasteiger partial charge in [0.2, 0.25) is 0 Å². The Morgan fingerprint density at radius 1 is 0.750 bits per heavy atom. The molecule has 2 aliphatic rings. The van der Waals surface area contributed by atoms with Crippen molar-refractivity contribution >= 4 is 0 Å². The lowest BCUT2D eigenvalue weighted by Crippen LogP contribution is -2.12. The molecule has 0 aromatic heterocycles. The Balaban J connectivity index is 1.45. The first-order valence-electron chi connectivity index (χ1n) is 11.5. The lowest BCUT2D eigenvalue weighted by molar-refractivity contribution is 0.319. The molecule has 0 amide bonds. The van der Waals surface area contributed by atoms with Crippen molar-refractivity contribution in [3.63, 3.8) is 0 Å². The minimum absolute atomic E-state index is 0.0627. The fourth-order valence-electron chi connectivity index (χ4n) is 5.45. The average molecular weight is 379 g/mol. The number of benzene rings is 2. The molecule has 2 aliphatic carbocycles. The molecule has 0 atom stereocenters. The summed E-state index contributed by atoms with van der Waals surface area (Å²) < 4.78 is 14.9.